The van der Waals surface area contributed by atoms with Gasteiger partial charge in [0.1, 0.15) is 0 Å². The Hall–Kier alpha value is -0.990. The van der Waals surface area contributed by atoms with E-state index in [1.165, 1.54) is 11.8 Å². The summed E-state index contributed by atoms with van der Waals surface area (Å²) in [6.45, 7) is 0. The molecule has 15 heavy (non-hydrogen) atoms. The van der Waals surface area contributed by atoms with Crippen LogP contribution < -0.4 is 0 Å². The molecule has 1 aliphatic rings. The van der Waals surface area contributed by atoms with Gasteiger partial charge in [0, 0.05) is 22.4 Å². The lowest BCUT2D eigenvalue weighted by molar-refractivity contribution is 0.959. The Morgan fingerprint density at radius 2 is 2.47 bits per heavy atom. The van der Waals surface area contributed by atoms with E-state index in [0.29, 0.717) is 0 Å². The van der Waals surface area contributed by atoms with Crippen molar-refractivity contribution in [1.29, 1.82) is 5.26 Å². The molecule has 5 heteroatoms. The summed E-state index contributed by atoms with van der Waals surface area (Å²) in [7, 11) is 0. The first-order valence-electron chi connectivity index (χ1n) is 4.48. The second-order valence-electron chi connectivity index (χ2n) is 2.95. The van der Waals surface area contributed by atoms with Crippen molar-refractivity contribution in [2.24, 2.45) is 0 Å². The van der Waals surface area contributed by atoms with Gasteiger partial charge in [0.15, 0.2) is 5.16 Å². The smallest absolute Gasteiger partial charge is 0.187 e. The van der Waals surface area contributed by atoms with Gasteiger partial charge < -0.3 is 0 Å². The molecule has 0 atom stereocenters. The van der Waals surface area contributed by atoms with Gasteiger partial charge in [-0.2, -0.15) is 5.26 Å². The highest BCUT2D eigenvalue weighted by Crippen LogP contribution is 2.37. The summed E-state index contributed by atoms with van der Waals surface area (Å²) in [5.74, 6) is 0.983. The molecule has 76 valence electrons. The number of nitrogens with zero attached hydrogens (tertiary/aromatic N) is 3. The van der Waals surface area contributed by atoms with E-state index in [9.17, 15) is 0 Å². The lowest BCUT2D eigenvalue weighted by Crippen LogP contribution is -1.91. The zero-order chi connectivity index (χ0) is 10.7. The van der Waals surface area contributed by atoms with Crippen LogP contribution in [0, 0.1) is 11.3 Å². The standard InChI is InChI=1S/C10H9N3S2/c1-14-10-12-4-2-8(13-10)9-7(6-11)3-5-15-9/h2,4H,3,5H2,1H3. The quantitative estimate of drug-likeness (QED) is 0.582. The topological polar surface area (TPSA) is 49.6 Å². The van der Waals surface area contributed by atoms with Crippen LogP contribution in [0.3, 0.4) is 0 Å². The molecule has 2 heterocycles. The molecule has 0 amide bonds. The monoisotopic (exact) mass is 235 g/mol. The molecule has 0 aromatic carbocycles. The van der Waals surface area contributed by atoms with E-state index in [-0.39, 0.29) is 0 Å². The normalized spacial score (nSPS) is 15.5. The lowest BCUT2D eigenvalue weighted by atomic mass is 10.2. The molecular formula is C10H9N3S2. The van der Waals surface area contributed by atoms with Crippen LogP contribution in [0.15, 0.2) is 23.0 Å². The molecule has 0 saturated carbocycles. The van der Waals surface area contributed by atoms with Crippen LogP contribution >= 0.6 is 23.5 Å². The highest BCUT2D eigenvalue weighted by molar-refractivity contribution is 8.08. The van der Waals surface area contributed by atoms with Gasteiger partial charge in [-0.25, -0.2) is 9.97 Å². The Morgan fingerprint density at radius 1 is 1.60 bits per heavy atom. The molecule has 0 N–H and O–H groups in total. The highest BCUT2D eigenvalue weighted by atomic mass is 32.2. The Morgan fingerprint density at radius 3 is 3.20 bits per heavy atom. The number of hydrogen-bond donors (Lipinski definition) is 0. The van der Waals surface area contributed by atoms with Gasteiger partial charge >= 0.3 is 0 Å². The average Bonchev–Trinajstić information content (AvgIpc) is 2.77. The zero-order valence-corrected chi connectivity index (χ0v) is 9.86. The van der Waals surface area contributed by atoms with Crippen molar-refractivity contribution >= 4 is 28.4 Å². The fourth-order valence-electron chi connectivity index (χ4n) is 1.36. The Labute approximate surface area is 97.0 Å². The maximum atomic E-state index is 8.95. The summed E-state index contributed by atoms with van der Waals surface area (Å²) >= 11 is 3.22. The molecule has 2 rings (SSSR count). The van der Waals surface area contributed by atoms with Gasteiger partial charge in [-0.1, -0.05) is 11.8 Å². The van der Waals surface area contributed by atoms with Gasteiger partial charge in [0.2, 0.25) is 0 Å². The van der Waals surface area contributed by atoms with Crippen LogP contribution in [0.25, 0.3) is 4.91 Å². The summed E-state index contributed by atoms with van der Waals surface area (Å²) in [4.78, 5) is 9.53. The number of aromatic nitrogens is 2. The number of nitriles is 1. The first kappa shape index (κ1) is 10.5. The maximum Gasteiger partial charge on any atom is 0.187 e. The fraction of sp³-hybridized carbons (Fsp3) is 0.300. The minimum Gasteiger partial charge on any atom is -0.231 e. The van der Waals surface area contributed by atoms with Crippen molar-refractivity contribution in [2.45, 2.75) is 11.6 Å². The number of allylic oxidation sites excluding steroid dienone is 1. The van der Waals surface area contributed by atoms with E-state index in [2.05, 4.69) is 16.0 Å². The SMILES string of the molecule is CSc1nccc(C2=C(C#N)CCS2)n1. The molecule has 3 nitrogen and oxygen atoms in total. The second-order valence-corrected chi connectivity index (χ2v) is 4.83. The Kier molecular flexibility index (Phi) is 3.29. The third-order valence-electron chi connectivity index (χ3n) is 2.06. The van der Waals surface area contributed by atoms with E-state index >= 15 is 0 Å². The predicted octanol–water partition coefficient (Wildman–Crippen LogP) is 2.57. The molecule has 0 saturated heterocycles. The molecule has 1 aromatic heterocycles. The first-order valence-corrected chi connectivity index (χ1v) is 6.69. The lowest BCUT2D eigenvalue weighted by Gasteiger charge is -2.02. The Balaban J connectivity index is 2.41. The third-order valence-corrected chi connectivity index (χ3v) is 3.77. The number of thioether (sulfide) groups is 2. The fourth-order valence-corrected chi connectivity index (χ4v) is 2.81. The minimum atomic E-state index is 0.754. The average molecular weight is 235 g/mol. The van der Waals surface area contributed by atoms with E-state index in [0.717, 1.165) is 33.5 Å². The molecule has 1 aromatic rings. The largest absolute Gasteiger partial charge is 0.231 e. The minimum absolute atomic E-state index is 0.754. The second kappa shape index (κ2) is 4.69. The van der Waals surface area contributed by atoms with Crippen molar-refractivity contribution in [1.82, 2.24) is 9.97 Å². The predicted molar refractivity (Wildman–Crippen MR) is 63.4 cm³/mol. The summed E-state index contributed by atoms with van der Waals surface area (Å²) in [5, 5.41) is 9.71. The van der Waals surface area contributed by atoms with Crippen molar-refractivity contribution in [2.75, 3.05) is 12.0 Å². The maximum absolute atomic E-state index is 8.95. The van der Waals surface area contributed by atoms with E-state index < -0.39 is 0 Å². The molecule has 0 bridgehead atoms. The molecule has 0 fully saturated rings. The zero-order valence-electron chi connectivity index (χ0n) is 8.23. The van der Waals surface area contributed by atoms with E-state index in [4.69, 9.17) is 5.26 Å². The van der Waals surface area contributed by atoms with Gasteiger partial charge in [0.25, 0.3) is 0 Å². The van der Waals surface area contributed by atoms with Crippen molar-refractivity contribution in [3.05, 3.63) is 23.5 Å². The van der Waals surface area contributed by atoms with Gasteiger partial charge in [-0.15, -0.1) is 11.8 Å². The van der Waals surface area contributed by atoms with Gasteiger partial charge in [0.05, 0.1) is 11.8 Å². The van der Waals surface area contributed by atoms with Crippen molar-refractivity contribution in [3.8, 4) is 6.07 Å². The van der Waals surface area contributed by atoms with E-state index in [1.807, 2.05) is 12.3 Å². The molecular weight excluding hydrogens is 226 g/mol. The van der Waals surface area contributed by atoms with Crippen LogP contribution in [0.2, 0.25) is 0 Å². The van der Waals surface area contributed by atoms with Crippen molar-refractivity contribution in [3.63, 3.8) is 0 Å². The molecule has 0 spiro atoms. The third kappa shape index (κ3) is 2.16. The molecule has 0 radical (unpaired) electrons. The molecule has 0 aliphatic carbocycles. The highest BCUT2D eigenvalue weighted by Gasteiger charge is 2.17. The molecule has 0 unspecified atom stereocenters. The summed E-state index contributed by atoms with van der Waals surface area (Å²) in [6, 6.07) is 4.11. The van der Waals surface area contributed by atoms with Crippen LogP contribution in [0.4, 0.5) is 0 Å². The number of rotatable bonds is 2. The summed E-state index contributed by atoms with van der Waals surface area (Å²) < 4.78 is 0. The van der Waals surface area contributed by atoms with Crippen LogP contribution in [-0.2, 0) is 0 Å². The van der Waals surface area contributed by atoms with Crippen LogP contribution in [-0.4, -0.2) is 22.0 Å². The van der Waals surface area contributed by atoms with Crippen molar-refractivity contribution < 1.29 is 0 Å². The van der Waals surface area contributed by atoms with Crippen LogP contribution in [0.5, 0.6) is 0 Å². The number of hydrogen-bond acceptors (Lipinski definition) is 5. The van der Waals surface area contributed by atoms with E-state index in [1.54, 1.807) is 18.0 Å². The summed E-state index contributed by atoms with van der Waals surface area (Å²) in [6.07, 6.45) is 4.55. The Bertz CT molecular complexity index is 448. The summed E-state index contributed by atoms with van der Waals surface area (Å²) in [5.41, 5.74) is 1.74. The molecule has 1 aliphatic heterocycles. The first-order chi connectivity index (χ1) is 7.35. The van der Waals surface area contributed by atoms with Gasteiger partial charge in [-0.05, 0) is 18.7 Å². The van der Waals surface area contributed by atoms with Gasteiger partial charge in [-0.3, -0.25) is 0 Å². The van der Waals surface area contributed by atoms with Crippen LogP contribution in [0.1, 0.15) is 12.1 Å².